The summed E-state index contributed by atoms with van der Waals surface area (Å²) in [4.78, 5) is 17.7. The number of amides is 1. The number of sulfonamides is 1. The van der Waals surface area contributed by atoms with Crippen LogP contribution in [0.3, 0.4) is 0 Å². The van der Waals surface area contributed by atoms with E-state index in [4.69, 9.17) is 4.52 Å². The third-order valence-corrected chi connectivity index (χ3v) is 7.53. The fourth-order valence-corrected chi connectivity index (χ4v) is 5.16. The number of hydrogen-bond acceptors (Lipinski definition) is 6. The van der Waals surface area contributed by atoms with Crippen LogP contribution in [0.5, 0.6) is 0 Å². The van der Waals surface area contributed by atoms with E-state index in [1.807, 2.05) is 0 Å². The zero-order valence-corrected chi connectivity index (χ0v) is 19.7. The van der Waals surface area contributed by atoms with Crippen molar-refractivity contribution in [2.45, 2.75) is 25.7 Å². The molecule has 2 aromatic heterocycles. The van der Waals surface area contributed by atoms with E-state index in [-0.39, 0.29) is 27.4 Å². The minimum absolute atomic E-state index is 0.115. The Hall–Kier alpha value is -3.63. The lowest BCUT2D eigenvalue weighted by molar-refractivity contribution is 0.102. The zero-order chi connectivity index (χ0) is 24.5. The molecule has 0 atom stereocenters. The summed E-state index contributed by atoms with van der Waals surface area (Å²) in [5, 5.41) is 7.07. The number of fused-ring (bicyclic) bond motifs is 1. The van der Waals surface area contributed by atoms with Crippen LogP contribution < -0.4 is 5.32 Å². The van der Waals surface area contributed by atoms with Crippen molar-refractivity contribution in [1.82, 2.24) is 14.4 Å². The minimum atomic E-state index is -3.61. The number of rotatable bonds is 7. The second-order valence-corrected chi connectivity index (χ2v) is 9.49. The molecule has 10 heteroatoms. The summed E-state index contributed by atoms with van der Waals surface area (Å²) in [5.74, 6) is -0.974. The number of hydrogen-bond donors (Lipinski definition) is 1. The summed E-state index contributed by atoms with van der Waals surface area (Å²) >= 11 is 0. The molecule has 8 nitrogen and oxygen atoms in total. The van der Waals surface area contributed by atoms with Crippen LogP contribution in [-0.4, -0.2) is 41.9 Å². The number of aromatic nitrogens is 2. The molecule has 0 aliphatic carbocycles. The number of halogens is 1. The van der Waals surface area contributed by atoms with Crippen molar-refractivity contribution in [1.29, 1.82) is 0 Å². The highest BCUT2D eigenvalue weighted by molar-refractivity contribution is 7.89. The van der Waals surface area contributed by atoms with E-state index in [0.29, 0.717) is 29.9 Å². The van der Waals surface area contributed by atoms with Gasteiger partial charge in [0, 0.05) is 24.3 Å². The highest BCUT2D eigenvalue weighted by Gasteiger charge is 2.23. The van der Waals surface area contributed by atoms with Crippen LogP contribution in [0.1, 0.15) is 29.9 Å². The van der Waals surface area contributed by atoms with Gasteiger partial charge < -0.3 is 9.84 Å². The first-order valence-corrected chi connectivity index (χ1v) is 12.1. The zero-order valence-electron chi connectivity index (χ0n) is 18.9. The van der Waals surface area contributed by atoms with Crippen molar-refractivity contribution in [2.24, 2.45) is 0 Å². The van der Waals surface area contributed by atoms with E-state index in [1.165, 1.54) is 40.7 Å². The number of aryl methyl sites for hydroxylation is 1. The van der Waals surface area contributed by atoms with E-state index in [0.717, 1.165) is 0 Å². The normalized spacial score (nSPS) is 11.8. The maximum atomic E-state index is 14.4. The van der Waals surface area contributed by atoms with Gasteiger partial charge in [0.05, 0.1) is 27.2 Å². The molecule has 0 spiro atoms. The average molecular weight is 483 g/mol. The molecule has 0 fully saturated rings. The summed E-state index contributed by atoms with van der Waals surface area (Å²) in [7, 11) is -3.61. The molecule has 2 aromatic carbocycles. The van der Waals surface area contributed by atoms with Crippen molar-refractivity contribution in [2.75, 3.05) is 18.4 Å². The van der Waals surface area contributed by atoms with Crippen molar-refractivity contribution in [3.8, 4) is 11.3 Å². The first kappa shape index (κ1) is 23.5. The standard InChI is InChI=1S/C24H23FN4O4S/c1-4-29(5-2)34(31,32)17-12-10-16(11-13-17)26-23(30)19-14-21(18-8-6-7-9-20(18)25)27-24-22(19)15(3)28-33-24/h6-14H,4-5H2,1-3H3,(H,26,30). The van der Waals surface area contributed by atoms with Gasteiger partial charge in [-0.25, -0.2) is 17.8 Å². The Labute approximate surface area is 196 Å². The number of nitrogens with zero attached hydrogens (tertiary/aromatic N) is 3. The van der Waals surface area contributed by atoms with E-state index in [2.05, 4.69) is 15.5 Å². The largest absolute Gasteiger partial charge is 0.335 e. The monoisotopic (exact) mass is 482 g/mol. The number of benzene rings is 2. The lowest BCUT2D eigenvalue weighted by Crippen LogP contribution is -2.30. The molecule has 0 aliphatic rings. The van der Waals surface area contributed by atoms with E-state index in [1.54, 1.807) is 39.0 Å². The van der Waals surface area contributed by atoms with Gasteiger partial charge in [-0.15, -0.1) is 0 Å². The fourth-order valence-electron chi connectivity index (χ4n) is 3.70. The average Bonchev–Trinajstić information content (AvgIpc) is 3.20. The number of anilines is 1. The Balaban J connectivity index is 1.68. The summed E-state index contributed by atoms with van der Waals surface area (Å²) < 4.78 is 46.3. The summed E-state index contributed by atoms with van der Waals surface area (Å²) in [6.45, 7) is 5.94. The third-order valence-electron chi connectivity index (χ3n) is 5.47. The number of pyridine rings is 1. The van der Waals surface area contributed by atoms with Gasteiger partial charge >= 0.3 is 0 Å². The van der Waals surface area contributed by atoms with Gasteiger partial charge in [0.2, 0.25) is 10.0 Å². The molecule has 176 valence electrons. The Morgan fingerprint density at radius 2 is 1.76 bits per heavy atom. The van der Waals surface area contributed by atoms with Gasteiger partial charge in [0.25, 0.3) is 11.6 Å². The maximum Gasteiger partial charge on any atom is 0.259 e. The topological polar surface area (TPSA) is 105 Å². The van der Waals surface area contributed by atoms with Crippen LogP contribution in [0.15, 0.2) is 64.0 Å². The highest BCUT2D eigenvalue weighted by atomic mass is 32.2. The van der Waals surface area contributed by atoms with Crippen LogP contribution in [0.25, 0.3) is 22.4 Å². The van der Waals surface area contributed by atoms with E-state index in [9.17, 15) is 17.6 Å². The molecule has 1 N–H and O–H groups in total. The Kier molecular flexibility index (Phi) is 6.45. The molecule has 2 heterocycles. The van der Waals surface area contributed by atoms with E-state index < -0.39 is 21.7 Å². The molecule has 0 aliphatic heterocycles. The quantitative estimate of drug-likeness (QED) is 0.412. The SMILES string of the molecule is CCN(CC)S(=O)(=O)c1ccc(NC(=O)c2cc(-c3ccccc3F)nc3onc(C)c23)cc1. The predicted octanol–water partition coefficient (Wildman–Crippen LogP) is 4.62. The van der Waals surface area contributed by atoms with Gasteiger partial charge in [-0.05, 0) is 49.4 Å². The van der Waals surface area contributed by atoms with Crippen molar-refractivity contribution >= 4 is 32.7 Å². The highest BCUT2D eigenvalue weighted by Crippen LogP contribution is 2.29. The van der Waals surface area contributed by atoms with E-state index >= 15 is 0 Å². The summed E-state index contributed by atoms with van der Waals surface area (Å²) in [6, 6.07) is 13.5. The van der Waals surface area contributed by atoms with Gasteiger partial charge in [-0.1, -0.05) is 31.1 Å². The number of carbonyl (C=O) groups excluding carboxylic acids is 1. The lowest BCUT2D eigenvalue weighted by atomic mass is 10.0. The first-order valence-electron chi connectivity index (χ1n) is 10.7. The third kappa shape index (κ3) is 4.29. The second kappa shape index (κ2) is 9.32. The molecule has 0 saturated carbocycles. The van der Waals surface area contributed by atoms with Gasteiger partial charge in [-0.3, -0.25) is 4.79 Å². The van der Waals surface area contributed by atoms with Gasteiger partial charge in [-0.2, -0.15) is 4.31 Å². The molecule has 0 bridgehead atoms. The summed E-state index contributed by atoms with van der Waals surface area (Å²) in [5.41, 5.74) is 1.64. The van der Waals surface area contributed by atoms with Crippen molar-refractivity contribution in [3.63, 3.8) is 0 Å². The van der Waals surface area contributed by atoms with Crippen molar-refractivity contribution in [3.05, 3.63) is 71.7 Å². The number of carbonyl (C=O) groups is 1. The molecule has 34 heavy (non-hydrogen) atoms. The molecule has 0 unspecified atom stereocenters. The van der Waals surface area contributed by atoms with Crippen LogP contribution in [0.2, 0.25) is 0 Å². The molecule has 4 rings (SSSR count). The minimum Gasteiger partial charge on any atom is -0.335 e. The predicted molar refractivity (Wildman–Crippen MR) is 126 cm³/mol. The second-order valence-electron chi connectivity index (χ2n) is 7.55. The Bertz CT molecular complexity index is 1460. The lowest BCUT2D eigenvalue weighted by Gasteiger charge is -2.18. The summed E-state index contributed by atoms with van der Waals surface area (Å²) in [6.07, 6.45) is 0. The van der Waals surface area contributed by atoms with Crippen LogP contribution in [-0.2, 0) is 10.0 Å². The molecule has 4 aromatic rings. The Morgan fingerprint density at radius 3 is 2.41 bits per heavy atom. The van der Waals surface area contributed by atoms with Gasteiger partial charge in [0.1, 0.15) is 5.82 Å². The van der Waals surface area contributed by atoms with Crippen LogP contribution >= 0.6 is 0 Å². The maximum absolute atomic E-state index is 14.4. The smallest absolute Gasteiger partial charge is 0.259 e. The molecule has 0 radical (unpaired) electrons. The Morgan fingerprint density at radius 1 is 1.09 bits per heavy atom. The molecule has 1 amide bonds. The van der Waals surface area contributed by atoms with Crippen molar-refractivity contribution < 1.29 is 22.1 Å². The molecular formula is C24H23FN4O4S. The fraction of sp³-hybridized carbons (Fsp3) is 0.208. The van der Waals surface area contributed by atoms with Gasteiger partial charge in [0.15, 0.2) is 0 Å². The van der Waals surface area contributed by atoms with Crippen LogP contribution in [0, 0.1) is 12.7 Å². The molecular weight excluding hydrogens is 459 g/mol. The number of nitrogens with one attached hydrogen (secondary N) is 1. The molecule has 0 saturated heterocycles. The first-order chi connectivity index (χ1) is 16.3. The van der Waals surface area contributed by atoms with Crippen LogP contribution in [0.4, 0.5) is 10.1 Å².